The van der Waals surface area contributed by atoms with Crippen LogP contribution in [-0.4, -0.2) is 19.4 Å². The average molecular weight is 450 g/mol. The molecule has 1 aliphatic rings. The van der Waals surface area contributed by atoms with Gasteiger partial charge < -0.3 is 4.74 Å². The summed E-state index contributed by atoms with van der Waals surface area (Å²) >= 11 is 5.24. The second-order valence-corrected chi connectivity index (χ2v) is 8.66. The zero-order valence-corrected chi connectivity index (χ0v) is 18.0. The van der Waals surface area contributed by atoms with Gasteiger partial charge in [0.05, 0.1) is 7.11 Å². The van der Waals surface area contributed by atoms with E-state index >= 15 is 0 Å². The molecule has 0 atom stereocenters. The van der Waals surface area contributed by atoms with Crippen LogP contribution in [-0.2, 0) is 5.75 Å². The molecule has 0 fully saturated rings. The minimum absolute atomic E-state index is 0.197. The van der Waals surface area contributed by atoms with Crippen molar-refractivity contribution >= 4 is 33.4 Å². The number of hydrogen-bond donors (Lipinski definition) is 0. The molecule has 2 nitrogen and oxygen atoms in total. The largest absolute Gasteiger partial charge is 0.496 e. The molecular weight excluding hydrogens is 425 g/mol. The Morgan fingerprint density at radius 1 is 1.07 bits per heavy atom. The van der Waals surface area contributed by atoms with Gasteiger partial charge in [-0.3, -0.25) is 4.99 Å². The molecule has 1 heterocycles. The lowest BCUT2D eigenvalue weighted by Crippen LogP contribution is -2.05. The highest BCUT2D eigenvalue weighted by molar-refractivity contribution is 9.10. The fraction of sp³-hybridized carbons (Fsp3) is 0.409. The van der Waals surface area contributed by atoms with Crippen LogP contribution in [0.15, 0.2) is 50.8 Å². The first kappa shape index (κ1) is 20.4. The monoisotopic (exact) mass is 449 g/mol. The van der Waals surface area contributed by atoms with Gasteiger partial charge in [-0.2, -0.15) is 0 Å². The van der Waals surface area contributed by atoms with Crippen molar-refractivity contribution < 1.29 is 9.13 Å². The highest BCUT2D eigenvalue weighted by Gasteiger charge is 2.14. The number of ether oxygens (including phenoxy) is 1. The Hall–Kier alpha value is -1.33. The molecule has 0 radical (unpaired) electrons. The van der Waals surface area contributed by atoms with Crippen molar-refractivity contribution in [3.63, 3.8) is 0 Å². The zero-order valence-electron chi connectivity index (χ0n) is 15.6. The van der Waals surface area contributed by atoms with Crippen LogP contribution in [0.4, 0.5) is 4.39 Å². The van der Waals surface area contributed by atoms with E-state index in [1.807, 2.05) is 18.2 Å². The molecule has 5 heteroatoms. The van der Waals surface area contributed by atoms with E-state index in [0.717, 1.165) is 63.5 Å². The number of hydrogen-bond acceptors (Lipinski definition) is 3. The molecule has 144 valence electrons. The summed E-state index contributed by atoms with van der Waals surface area (Å²) in [6.07, 6.45) is 6.92. The van der Waals surface area contributed by atoms with E-state index in [4.69, 9.17) is 9.73 Å². The summed E-state index contributed by atoms with van der Waals surface area (Å²) in [5.74, 6) is 1.43. The lowest BCUT2D eigenvalue weighted by atomic mass is 10.0. The van der Waals surface area contributed by atoms with Crippen LogP contribution in [0.3, 0.4) is 0 Å². The van der Waals surface area contributed by atoms with Gasteiger partial charge in [0.1, 0.15) is 11.6 Å². The molecule has 2 aromatic rings. The molecule has 2 aromatic carbocycles. The van der Waals surface area contributed by atoms with Crippen LogP contribution in [0.5, 0.6) is 5.75 Å². The summed E-state index contributed by atoms with van der Waals surface area (Å²) in [6.45, 7) is 0.843. The van der Waals surface area contributed by atoms with Crippen LogP contribution in [0, 0.1) is 5.82 Å². The Balaban J connectivity index is 1.84. The fourth-order valence-electron chi connectivity index (χ4n) is 3.32. The Bertz CT molecular complexity index is 809. The van der Waals surface area contributed by atoms with E-state index in [0.29, 0.717) is 0 Å². The number of benzene rings is 2. The van der Waals surface area contributed by atoms with Gasteiger partial charge in [-0.25, -0.2) is 4.39 Å². The Morgan fingerprint density at radius 2 is 1.89 bits per heavy atom. The van der Waals surface area contributed by atoms with Crippen molar-refractivity contribution in [2.45, 2.75) is 49.2 Å². The molecule has 0 unspecified atom stereocenters. The van der Waals surface area contributed by atoms with E-state index in [1.54, 1.807) is 31.0 Å². The third kappa shape index (κ3) is 5.82. The van der Waals surface area contributed by atoms with Gasteiger partial charge in [-0.1, -0.05) is 35.2 Å². The third-order valence-electron chi connectivity index (χ3n) is 4.75. The van der Waals surface area contributed by atoms with Crippen molar-refractivity contribution in [1.82, 2.24) is 0 Å². The molecular formula is C22H25BrFNOS. The number of aliphatic imine (C=N–C) groups is 1. The summed E-state index contributed by atoms with van der Waals surface area (Å²) in [4.78, 5) is 5.90. The molecule has 0 aromatic heterocycles. The SMILES string of the molecule is COc1ccc(Br)cc1CSc1ccc(F)cc1C1=NCCCCCCC1. The van der Waals surface area contributed by atoms with Gasteiger partial charge in [0.2, 0.25) is 0 Å². The van der Waals surface area contributed by atoms with Gasteiger partial charge in [-0.15, -0.1) is 11.8 Å². The molecule has 0 bridgehead atoms. The maximum Gasteiger partial charge on any atom is 0.123 e. The van der Waals surface area contributed by atoms with Crippen molar-refractivity contribution in [2.75, 3.05) is 13.7 Å². The van der Waals surface area contributed by atoms with E-state index < -0.39 is 0 Å². The first-order valence-corrected chi connectivity index (χ1v) is 11.2. The number of nitrogens with zero attached hydrogens (tertiary/aromatic N) is 1. The van der Waals surface area contributed by atoms with Crippen LogP contribution in [0.2, 0.25) is 0 Å². The highest BCUT2D eigenvalue weighted by Crippen LogP contribution is 2.33. The number of rotatable bonds is 5. The summed E-state index contributed by atoms with van der Waals surface area (Å²) in [7, 11) is 1.69. The normalized spacial score (nSPS) is 15.4. The second-order valence-electron chi connectivity index (χ2n) is 6.73. The van der Waals surface area contributed by atoms with Gasteiger partial charge in [-0.05, 0) is 55.7 Å². The predicted molar refractivity (Wildman–Crippen MR) is 116 cm³/mol. The van der Waals surface area contributed by atoms with Crippen molar-refractivity contribution in [1.29, 1.82) is 0 Å². The molecule has 0 spiro atoms. The van der Waals surface area contributed by atoms with Crippen LogP contribution < -0.4 is 4.74 Å². The molecule has 0 amide bonds. The average Bonchev–Trinajstić information content (AvgIpc) is 2.81. The van der Waals surface area contributed by atoms with Crippen molar-refractivity contribution in [2.24, 2.45) is 4.99 Å². The number of thioether (sulfide) groups is 1. The summed E-state index contributed by atoms with van der Waals surface area (Å²) in [5.41, 5.74) is 3.12. The fourth-order valence-corrected chi connectivity index (χ4v) is 4.76. The lowest BCUT2D eigenvalue weighted by Gasteiger charge is -2.14. The smallest absolute Gasteiger partial charge is 0.123 e. The van der Waals surface area contributed by atoms with E-state index in [1.165, 1.54) is 19.3 Å². The Labute approximate surface area is 173 Å². The zero-order chi connectivity index (χ0) is 19.1. The Morgan fingerprint density at radius 3 is 2.74 bits per heavy atom. The standard InChI is InChI=1S/C22H25BrFNOS/c1-26-21-10-8-17(23)13-16(21)15-27-22-11-9-18(24)14-19(22)20-7-5-3-2-4-6-12-25-20/h8-11,13-14H,2-7,12,15H2,1H3. The van der Waals surface area contributed by atoms with Crippen molar-refractivity contribution in [3.05, 3.63) is 57.8 Å². The molecule has 3 rings (SSSR count). The van der Waals surface area contributed by atoms with Gasteiger partial charge in [0, 0.05) is 38.5 Å². The molecule has 0 saturated heterocycles. The summed E-state index contributed by atoms with van der Waals surface area (Å²) in [6, 6.07) is 11.1. The molecule has 0 saturated carbocycles. The first-order valence-electron chi connectivity index (χ1n) is 9.46. The number of methoxy groups -OCH3 is 1. The quantitative estimate of drug-likeness (QED) is 0.456. The van der Waals surface area contributed by atoms with Crippen LogP contribution in [0.25, 0.3) is 0 Å². The van der Waals surface area contributed by atoms with Crippen LogP contribution in [0.1, 0.15) is 49.7 Å². The predicted octanol–water partition coefficient (Wildman–Crippen LogP) is 7.03. The molecule has 0 N–H and O–H groups in total. The Kier molecular flexibility index (Phi) is 7.77. The van der Waals surface area contributed by atoms with Crippen molar-refractivity contribution in [3.8, 4) is 5.75 Å². The highest BCUT2D eigenvalue weighted by atomic mass is 79.9. The molecule has 0 aliphatic carbocycles. The van der Waals surface area contributed by atoms with Gasteiger partial charge in [0.25, 0.3) is 0 Å². The minimum atomic E-state index is -0.197. The van der Waals surface area contributed by atoms with E-state index in [-0.39, 0.29) is 5.82 Å². The van der Waals surface area contributed by atoms with Crippen LogP contribution >= 0.6 is 27.7 Å². The van der Waals surface area contributed by atoms with Gasteiger partial charge in [0.15, 0.2) is 0 Å². The third-order valence-corrected chi connectivity index (χ3v) is 6.37. The molecule has 27 heavy (non-hydrogen) atoms. The minimum Gasteiger partial charge on any atom is -0.496 e. The first-order chi connectivity index (χ1) is 13.2. The van der Waals surface area contributed by atoms with E-state index in [9.17, 15) is 4.39 Å². The summed E-state index contributed by atoms with van der Waals surface area (Å²) in [5, 5.41) is 0. The maximum atomic E-state index is 14.0. The maximum absolute atomic E-state index is 14.0. The second kappa shape index (κ2) is 10.3. The van der Waals surface area contributed by atoms with E-state index in [2.05, 4.69) is 22.0 Å². The summed E-state index contributed by atoms with van der Waals surface area (Å²) < 4.78 is 20.5. The van der Waals surface area contributed by atoms with Gasteiger partial charge >= 0.3 is 0 Å². The molecule has 1 aliphatic heterocycles. The topological polar surface area (TPSA) is 21.6 Å². The number of halogens is 2. The lowest BCUT2D eigenvalue weighted by molar-refractivity contribution is 0.411.